The van der Waals surface area contributed by atoms with Gasteiger partial charge < -0.3 is 0 Å². The topological polar surface area (TPSA) is 0 Å². The molecule has 0 saturated heterocycles. The van der Waals surface area contributed by atoms with E-state index in [0.29, 0.717) is 10.00 Å². The minimum Gasteiger partial charge on any atom is -0.110 e. The van der Waals surface area contributed by atoms with Crippen molar-refractivity contribution in [2.75, 3.05) is 0 Å². The molecule has 0 atom stereocenters. The number of thioether (sulfide) groups is 2. The van der Waals surface area contributed by atoms with Crippen molar-refractivity contribution in [3.05, 3.63) is 24.3 Å². The van der Waals surface area contributed by atoms with E-state index >= 15 is 0 Å². The van der Waals surface area contributed by atoms with Gasteiger partial charge in [-0.1, -0.05) is 32.9 Å². The first-order chi connectivity index (χ1) is 6.54. The van der Waals surface area contributed by atoms with Gasteiger partial charge >= 0.3 is 0 Å². The van der Waals surface area contributed by atoms with Gasteiger partial charge in [-0.05, 0) is 24.0 Å². The predicted molar refractivity (Wildman–Crippen MR) is 66.0 cm³/mol. The maximum Gasteiger partial charge on any atom is 0.0602 e. The molecule has 2 rings (SSSR count). The molecule has 0 aromatic heterocycles. The summed E-state index contributed by atoms with van der Waals surface area (Å²) in [5, 5.41) is 0. The molecule has 0 spiro atoms. The fourth-order valence-corrected chi connectivity index (χ4v) is 5.05. The second kappa shape index (κ2) is 3.82. The summed E-state index contributed by atoms with van der Waals surface area (Å²) in [4.78, 5) is 2.93. The van der Waals surface area contributed by atoms with Crippen molar-refractivity contribution in [2.45, 2.75) is 41.6 Å². The summed E-state index contributed by atoms with van der Waals surface area (Å²) in [6.45, 7) is 6.95. The lowest BCUT2D eigenvalue weighted by Gasteiger charge is -2.21. The van der Waals surface area contributed by atoms with Crippen molar-refractivity contribution in [3.63, 3.8) is 0 Å². The fourth-order valence-electron chi connectivity index (χ4n) is 1.54. The molecule has 0 unspecified atom stereocenters. The van der Waals surface area contributed by atoms with Gasteiger partial charge in [-0.2, -0.15) is 0 Å². The molecule has 1 aliphatic rings. The van der Waals surface area contributed by atoms with E-state index in [1.165, 1.54) is 16.2 Å². The van der Waals surface area contributed by atoms with Crippen molar-refractivity contribution in [3.8, 4) is 0 Å². The van der Waals surface area contributed by atoms with Crippen LogP contribution in [0.2, 0.25) is 0 Å². The van der Waals surface area contributed by atoms with E-state index in [1.54, 1.807) is 0 Å². The first kappa shape index (κ1) is 10.4. The normalized spacial score (nSPS) is 17.1. The SMILES string of the molecule is CC(C)(C)CC1Sc2ccccc2S1. The third kappa shape index (κ3) is 2.48. The van der Waals surface area contributed by atoms with E-state index < -0.39 is 0 Å². The zero-order valence-corrected chi connectivity index (χ0v) is 10.5. The molecule has 0 aliphatic carbocycles. The van der Waals surface area contributed by atoms with Crippen LogP contribution in [0.5, 0.6) is 0 Å². The molecule has 1 heterocycles. The monoisotopic (exact) mass is 224 g/mol. The average molecular weight is 224 g/mol. The number of hydrogen-bond acceptors (Lipinski definition) is 2. The van der Waals surface area contributed by atoms with Gasteiger partial charge in [-0.25, -0.2) is 0 Å². The first-order valence-electron chi connectivity index (χ1n) is 4.97. The van der Waals surface area contributed by atoms with Crippen LogP contribution in [0.25, 0.3) is 0 Å². The van der Waals surface area contributed by atoms with Crippen LogP contribution >= 0.6 is 23.5 Å². The number of rotatable bonds is 1. The summed E-state index contributed by atoms with van der Waals surface area (Å²) in [5.74, 6) is 0. The lowest BCUT2D eigenvalue weighted by atomic mass is 9.93. The molecule has 76 valence electrons. The lowest BCUT2D eigenvalue weighted by molar-refractivity contribution is 0.395. The minimum absolute atomic E-state index is 0.437. The Balaban J connectivity index is 2.05. The Bertz CT molecular complexity index is 300. The van der Waals surface area contributed by atoms with E-state index in [4.69, 9.17) is 0 Å². The molecule has 1 aliphatic heterocycles. The molecular formula is C12H16S2. The zero-order valence-electron chi connectivity index (χ0n) is 8.91. The molecule has 0 amide bonds. The number of hydrogen-bond donors (Lipinski definition) is 0. The van der Waals surface area contributed by atoms with Crippen LogP contribution in [0, 0.1) is 5.41 Å². The van der Waals surface area contributed by atoms with Crippen molar-refractivity contribution in [1.29, 1.82) is 0 Å². The highest BCUT2D eigenvalue weighted by Crippen LogP contribution is 2.51. The summed E-state index contributed by atoms with van der Waals surface area (Å²) in [7, 11) is 0. The van der Waals surface area contributed by atoms with Crippen molar-refractivity contribution in [1.82, 2.24) is 0 Å². The van der Waals surface area contributed by atoms with Crippen molar-refractivity contribution in [2.24, 2.45) is 5.41 Å². The Labute approximate surface area is 94.9 Å². The first-order valence-corrected chi connectivity index (χ1v) is 6.73. The van der Waals surface area contributed by atoms with Crippen LogP contribution < -0.4 is 0 Å². The van der Waals surface area contributed by atoms with Gasteiger partial charge in [0.1, 0.15) is 0 Å². The van der Waals surface area contributed by atoms with Gasteiger partial charge in [0.25, 0.3) is 0 Å². The molecule has 0 N–H and O–H groups in total. The zero-order chi connectivity index (χ0) is 10.2. The molecular weight excluding hydrogens is 208 g/mol. The Hall–Kier alpha value is -0.0800. The van der Waals surface area contributed by atoms with Crippen LogP contribution in [0.3, 0.4) is 0 Å². The number of benzene rings is 1. The Kier molecular flexibility index (Phi) is 2.85. The summed E-state index contributed by atoms with van der Waals surface area (Å²) in [6, 6.07) is 8.73. The van der Waals surface area contributed by atoms with Gasteiger partial charge in [0.2, 0.25) is 0 Å². The highest BCUT2D eigenvalue weighted by molar-refractivity contribution is 8.19. The summed E-state index contributed by atoms with van der Waals surface area (Å²) in [5.41, 5.74) is 0.437. The lowest BCUT2D eigenvalue weighted by Crippen LogP contribution is -2.10. The molecule has 14 heavy (non-hydrogen) atoms. The van der Waals surface area contributed by atoms with E-state index in [1.807, 2.05) is 23.5 Å². The van der Waals surface area contributed by atoms with Crippen molar-refractivity contribution >= 4 is 23.5 Å². The molecule has 0 nitrogen and oxygen atoms in total. The standard InChI is InChI=1S/C12H16S2/c1-12(2,3)8-11-13-9-6-4-5-7-10(9)14-11/h4-7,11H,8H2,1-3H3. The van der Waals surface area contributed by atoms with Gasteiger partial charge in [0.05, 0.1) is 4.58 Å². The van der Waals surface area contributed by atoms with Crippen LogP contribution in [0.1, 0.15) is 27.2 Å². The number of fused-ring (bicyclic) bond motifs is 1. The summed E-state index contributed by atoms with van der Waals surface area (Å²) < 4.78 is 0.715. The van der Waals surface area contributed by atoms with E-state index in [2.05, 4.69) is 45.0 Å². The largest absolute Gasteiger partial charge is 0.110 e. The van der Waals surface area contributed by atoms with Crippen LogP contribution in [0.15, 0.2) is 34.1 Å². The second-order valence-corrected chi connectivity index (χ2v) is 7.66. The maximum absolute atomic E-state index is 2.32. The minimum atomic E-state index is 0.437. The van der Waals surface area contributed by atoms with Gasteiger partial charge in [0, 0.05) is 9.79 Å². The third-order valence-corrected chi connectivity index (χ3v) is 4.93. The summed E-state index contributed by atoms with van der Waals surface area (Å²) in [6.07, 6.45) is 1.27. The van der Waals surface area contributed by atoms with E-state index in [9.17, 15) is 0 Å². The van der Waals surface area contributed by atoms with Crippen LogP contribution in [0.4, 0.5) is 0 Å². The summed E-state index contributed by atoms with van der Waals surface area (Å²) >= 11 is 4.05. The third-order valence-electron chi connectivity index (χ3n) is 2.15. The maximum atomic E-state index is 2.32. The van der Waals surface area contributed by atoms with E-state index in [0.717, 1.165) is 0 Å². The van der Waals surface area contributed by atoms with Crippen LogP contribution in [-0.4, -0.2) is 4.58 Å². The van der Waals surface area contributed by atoms with Gasteiger partial charge in [-0.3, -0.25) is 0 Å². The van der Waals surface area contributed by atoms with Crippen molar-refractivity contribution < 1.29 is 0 Å². The fraction of sp³-hybridized carbons (Fsp3) is 0.500. The molecule has 0 fully saturated rings. The Morgan fingerprint density at radius 1 is 1.07 bits per heavy atom. The molecule has 2 heteroatoms. The molecule has 0 bridgehead atoms. The molecule has 1 aromatic carbocycles. The predicted octanol–water partition coefficient (Wildman–Crippen LogP) is 4.65. The van der Waals surface area contributed by atoms with Gasteiger partial charge in [-0.15, -0.1) is 23.5 Å². The van der Waals surface area contributed by atoms with Crippen LogP contribution in [-0.2, 0) is 0 Å². The second-order valence-electron chi connectivity index (χ2n) is 4.88. The Morgan fingerprint density at radius 2 is 1.57 bits per heavy atom. The van der Waals surface area contributed by atoms with E-state index in [-0.39, 0.29) is 0 Å². The molecule has 0 saturated carbocycles. The molecule has 1 aromatic rings. The highest BCUT2D eigenvalue weighted by atomic mass is 32.2. The average Bonchev–Trinajstić information content (AvgIpc) is 2.42. The quantitative estimate of drug-likeness (QED) is 0.681. The smallest absolute Gasteiger partial charge is 0.0602 e. The Morgan fingerprint density at radius 3 is 2.00 bits per heavy atom. The highest BCUT2D eigenvalue weighted by Gasteiger charge is 2.26. The molecule has 0 radical (unpaired) electrons. The van der Waals surface area contributed by atoms with Gasteiger partial charge in [0.15, 0.2) is 0 Å².